The molecule has 3 N–H and O–H groups in total. The molecule has 1 amide bonds. The summed E-state index contributed by atoms with van der Waals surface area (Å²) in [6.07, 6.45) is 6.35. The predicted molar refractivity (Wildman–Crippen MR) is 110 cm³/mol. The van der Waals surface area contributed by atoms with E-state index in [9.17, 15) is 9.18 Å². The summed E-state index contributed by atoms with van der Waals surface area (Å²) >= 11 is 0. The fourth-order valence-electron chi connectivity index (χ4n) is 2.93. The Morgan fingerprint density at radius 1 is 1.20 bits per heavy atom. The van der Waals surface area contributed by atoms with Crippen molar-refractivity contribution in [3.05, 3.63) is 35.6 Å². The van der Waals surface area contributed by atoms with Crippen LogP contribution in [-0.2, 0) is 11.2 Å². The van der Waals surface area contributed by atoms with Gasteiger partial charge < -0.3 is 16.0 Å². The Hall–Kier alpha value is -1.38. The molecule has 1 aliphatic carbocycles. The summed E-state index contributed by atoms with van der Waals surface area (Å²) in [5, 5.41) is 9.14. The second-order valence-electron chi connectivity index (χ2n) is 6.10. The Morgan fingerprint density at radius 2 is 1.92 bits per heavy atom. The number of guanidine groups is 1. The van der Waals surface area contributed by atoms with Crippen LogP contribution in [0.5, 0.6) is 0 Å². The summed E-state index contributed by atoms with van der Waals surface area (Å²) in [7, 11) is 1.65. The van der Waals surface area contributed by atoms with Crippen LogP contribution in [0.25, 0.3) is 0 Å². The summed E-state index contributed by atoms with van der Waals surface area (Å²) in [5.74, 6) is 0.332. The van der Waals surface area contributed by atoms with E-state index in [-0.39, 0.29) is 42.2 Å². The lowest BCUT2D eigenvalue weighted by molar-refractivity contribution is -0.120. The molecule has 0 unspecified atom stereocenters. The molecular weight excluding hydrogens is 434 g/mol. The number of aliphatic imine (C=N–C) groups is 1. The first-order chi connectivity index (χ1) is 11.7. The van der Waals surface area contributed by atoms with E-state index >= 15 is 0 Å². The molecule has 0 aromatic heterocycles. The molecule has 7 heteroatoms. The number of hydrogen-bond acceptors (Lipinski definition) is 2. The molecule has 0 radical (unpaired) electrons. The zero-order valence-corrected chi connectivity index (χ0v) is 17.0. The highest BCUT2D eigenvalue weighted by Crippen LogP contribution is 2.17. The minimum atomic E-state index is -0.200. The van der Waals surface area contributed by atoms with Gasteiger partial charge in [-0.3, -0.25) is 9.79 Å². The second-order valence-corrected chi connectivity index (χ2v) is 6.10. The molecule has 0 atom stereocenters. The maximum atomic E-state index is 13.5. The van der Waals surface area contributed by atoms with Crippen molar-refractivity contribution in [1.82, 2.24) is 16.0 Å². The van der Waals surface area contributed by atoms with Crippen molar-refractivity contribution in [2.24, 2.45) is 4.99 Å². The molecule has 25 heavy (non-hydrogen) atoms. The third-order valence-corrected chi connectivity index (χ3v) is 4.25. The van der Waals surface area contributed by atoms with Crippen LogP contribution in [0, 0.1) is 5.82 Å². The Labute approximate surface area is 166 Å². The number of carbonyl (C=O) groups excluding carboxylic acids is 1. The van der Waals surface area contributed by atoms with E-state index in [1.54, 1.807) is 19.2 Å². The highest BCUT2D eigenvalue weighted by atomic mass is 127. The van der Waals surface area contributed by atoms with Crippen molar-refractivity contribution in [2.45, 2.75) is 44.6 Å². The number of benzene rings is 1. The number of nitrogens with zero attached hydrogens (tertiary/aromatic N) is 1. The van der Waals surface area contributed by atoms with E-state index in [2.05, 4.69) is 20.9 Å². The van der Waals surface area contributed by atoms with Crippen molar-refractivity contribution in [2.75, 3.05) is 20.1 Å². The molecule has 1 saturated carbocycles. The molecule has 1 fully saturated rings. The standard InChI is InChI=1S/C18H27FN4O.HI/c1-20-18(21-12-11-14-7-5-6-10-16(14)19)22-13-17(24)23-15-8-3-2-4-9-15;/h5-7,10,15H,2-4,8-9,11-13H2,1H3,(H,23,24)(H2,20,21,22);1H. The van der Waals surface area contributed by atoms with Gasteiger partial charge in [0.1, 0.15) is 5.82 Å². The minimum Gasteiger partial charge on any atom is -0.356 e. The normalized spacial score (nSPS) is 15.2. The summed E-state index contributed by atoms with van der Waals surface area (Å²) < 4.78 is 13.5. The van der Waals surface area contributed by atoms with Crippen molar-refractivity contribution < 1.29 is 9.18 Å². The monoisotopic (exact) mass is 462 g/mol. The van der Waals surface area contributed by atoms with Crippen LogP contribution in [0.2, 0.25) is 0 Å². The quantitative estimate of drug-likeness (QED) is 0.346. The summed E-state index contributed by atoms with van der Waals surface area (Å²) in [6, 6.07) is 7.03. The fourth-order valence-corrected chi connectivity index (χ4v) is 2.93. The van der Waals surface area contributed by atoms with Crippen LogP contribution in [0.4, 0.5) is 4.39 Å². The first-order valence-electron chi connectivity index (χ1n) is 8.66. The highest BCUT2D eigenvalue weighted by Gasteiger charge is 2.15. The molecule has 140 valence electrons. The van der Waals surface area contributed by atoms with E-state index in [0.717, 1.165) is 12.8 Å². The molecule has 5 nitrogen and oxygen atoms in total. The lowest BCUT2D eigenvalue weighted by atomic mass is 9.95. The highest BCUT2D eigenvalue weighted by molar-refractivity contribution is 14.0. The van der Waals surface area contributed by atoms with E-state index in [4.69, 9.17) is 0 Å². The van der Waals surface area contributed by atoms with E-state index in [1.807, 2.05) is 6.07 Å². The topological polar surface area (TPSA) is 65.5 Å². The van der Waals surface area contributed by atoms with Gasteiger partial charge in [0.2, 0.25) is 5.91 Å². The largest absolute Gasteiger partial charge is 0.356 e. The predicted octanol–water partition coefficient (Wildman–Crippen LogP) is 2.60. The lowest BCUT2D eigenvalue weighted by Gasteiger charge is -2.23. The van der Waals surface area contributed by atoms with Gasteiger partial charge in [-0.1, -0.05) is 37.5 Å². The van der Waals surface area contributed by atoms with Gasteiger partial charge in [-0.05, 0) is 30.9 Å². The summed E-state index contributed by atoms with van der Waals surface area (Å²) in [6.45, 7) is 0.737. The molecule has 2 rings (SSSR count). The van der Waals surface area contributed by atoms with E-state index in [1.165, 1.54) is 25.3 Å². The minimum absolute atomic E-state index is 0. The van der Waals surface area contributed by atoms with Gasteiger partial charge in [0.15, 0.2) is 5.96 Å². The average molecular weight is 462 g/mol. The molecule has 0 aliphatic heterocycles. The first kappa shape index (κ1) is 21.7. The number of rotatable bonds is 6. The molecule has 0 saturated heterocycles. The Kier molecular flexibility index (Phi) is 10.4. The zero-order chi connectivity index (χ0) is 17.2. The van der Waals surface area contributed by atoms with Gasteiger partial charge >= 0.3 is 0 Å². The third kappa shape index (κ3) is 8.02. The number of amides is 1. The van der Waals surface area contributed by atoms with Crippen LogP contribution >= 0.6 is 24.0 Å². The molecule has 1 aromatic rings. The van der Waals surface area contributed by atoms with Crippen LogP contribution in [0.15, 0.2) is 29.3 Å². The van der Waals surface area contributed by atoms with Gasteiger partial charge in [0.05, 0.1) is 6.54 Å². The van der Waals surface area contributed by atoms with Gasteiger partial charge in [-0.25, -0.2) is 4.39 Å². The van der Waals surface area contributed by atoms with Crippen molar-refractivity contribution in [3.63, 3.8) is 0 Å². The lowest BCUT2D eigenvalue weighted by Crippen LogP contribution is -2.46. The fraction of sp³-hybridized carbons (Fsp3) is 0.556. The molecule has 1 aromatic carbocycles. The molecular formula is C18H28FIN4O. The van der Waals surface area contributed by atoms with Crippen LogP contribution in [0.1, 0.15) is 37.7 Å². The van der Waals surface area contributed by atoms with E-state index in [0.29, 0.717) is 30.5 Å². The number of carbonyl (C=O) groups is 1. The number of hydrogen-bond donors (Lipinski definition) is 3. The maximum absolute atomic E-state index is 13.5. The molecule has 0 spiro atoms. The van der Waals surface area contributed by atoms with E-state index < -0.39 is 0 Å². The van der Waals surface area contributed by atoms with Crippen LogP contribution in [-0.4, -0.2) is 38.0 Å². The van der Waals surface area contributed by atoms with Crippen molar-refractivity contribution in [3.8, 4) is 0 Å². The number of halogens is 2. The van der Waals surface area contributed by atoms with Gasteiger partial charge in [0, 0.05) is 19.6 Å². The van der Waals surface area contributed by atoms with Crippen LogP contribution < -0.4 is 16.0 Å². The SMILES string of the molecule is CN=C(NCCc1ccccc1F)NCC(=O)NC1CCCCC1.I. The Bertz CT molecular complexity index is 562. The zero-order valence-electron chi connectivity index (χ0n) is 14.7. The second kappa shape index (κ2) is 12.1. The van der Waals surface area contributed by atoms with Crippen molar-refractivity contribution >= 4 is 35.8 Å². The van der Waals surface area contributed by atoms with Crippen LogP contribution in [0.3, 0.4) is 0 Å². The van der Waals surface area contributed by atoms with Gasteiger partial charge in [-0.15, -0.1) is 24.0 Å². The summed E-state index contributed by atoms with van der Waals surface area (Å²) in [5.41, 5.74) is 0.662. The molecule has 1 aliphatic rings. The average Bonchev–Trinajstić information content (AvgIpc) is 2.60. The first-order valence-corrected chi connectivity index (χ1v) is 8.66. The smallest absolute Gasteiger partial charge is 0.239 e. The number of nitrogens with one attached hydrogen (secondary N) is 3. The van der Waals surface area contributed by atoms with Crippen molar-refractivity contribution in [1.29, 1.82) is 0 Å². The Balaban J connectivity index is 0.00000312. The van der Waals surface area contributed by atoms with Gasteiger partial charge in [0.25, 0.3) is 0 Å². The maximum Gasteiger partial charge on any atom is 0.239 e. The Morgan fingerprint density at radius 3 is 2.60 bits per heavy atom. The third-order valence-electron chi connectivity index (χ3n) is 4.25. The summed E-state index contributed by atoms with van der Waals surface area (Å²) in [4.78, 5) is 16.0. The molecule has 0 bridgehead atoms. The van der Waals surface area contributed by atoms with Gasteiger partial charge in [-0.2, -0.15) is 0 Å². The molecule has 0 heterocycles.